The molecule has 0 aliphatic heterocycles. The minimum atomic E-state index is -0.147. The van der Waals surface area contributed by atoms with Gasteiger partial charge in [0.2, 0.25) is 0 Å². The third-order valence-electron chi connectivity index (χ3n) is 13.7. The molecule has 3 heterocycles. The van der Waals surface area contributed by atoms with Crippen molar-refractivity contribution in [1.29, 1.82) is 0 Å². The highest BCUT2D eigenvalue weighted by Gasteiger charge is 2.36. The summed E-state index contributed by atoms with van der Waals surface area (Å²) in [6.07, 6.45) is 0. The van der Waals surface area contributed by atoms with Crippen LogP contribution in [0.1, 0.15) is 25.0 Å². The van der Waals surface area contributed by atoms with Gasteiger partial charge in [-0.05, 0) is 114 Å². The van der Waals surface area contributed by atoms with Crippen LogP contribution in [0.3, 0.4) is 0 Å². The quantitative estimate of drug-likeness (QED) is 0.166. The zero-order chi connectivity index (χ0) is 41.6. The Kier molecular flexibility index (Phi) is 6.84. The maximum atomic E-state index is 6.72. The first-order chi connectivity index (χ1) is 31.0. The molecule has 14 rings (SSSR count). The molecule has 0 saturated heterocycles. The molecule has 0 radical (unpaired) electrons. The molecule has 10 aromatic carbocycles. The number of nitrogens with zero attached hydrogens (tertiary/aromatic N) is 3. The Morgan fingerprint density at radius 3 is 1.71 bits per heavy atom. The predicted molar refractivity (Wildman–Crippen MR) is 258 cm³/mol. The molecule has 1 aliphatic rings. The number of hydrogen-bond donors (Lipinski definition) is 0. The van der Waals surface area contributed by atoms with Crippen molar-refractivity contribution >= 4 is 87.0 Å². The van der Waals surface area contributed by atoms with Gasteiger partial charge in [0.15, 0.2) is 17.5 Å². The van der Waals surface area contributed by atoms with Gasteiger partial charge in [-0.25, -0.2) is 15.0 Å². The SMILES string of the molecule is CC1(C)c2ccccc2-c2cc3c(cc21)oc1cccc(-c2nc(-c4ccc5oc6ccccc6c5c4)nc(-c4ccc5ccc6c7ccccc7c7ccccc7c6c5c4)n2)c13. The summed E-state index contributed by atoms with van der Waals surface area (Å²) in [6, 6.07) is 62.5. The number of hydrogen-bond acceptors (Lipinski definition) is 5. The van der Waals surface area contributed by atoms with E-state index >= 15 is 0 Å². The molecule has 0 amide bonds. The summed E-state index contributed by atoms with van der Waals surface area (Å²) >= 11 is 0. The first-order valence-corrected chi connectivity index (χ1v) is 21.5. The lowest BCUT2D eigenvalue weighted by Gasteiger charge is -2.21. The lowest BCUT2D eigenvalue weighted by Crippen LogP contribution is -2.14. The zero-order valence-electron chi connectivity index (χ0n) is 34.4. The third-order valence-corrected chi connectivity index (χ3v) is 13.7. The predicted octanol–water partition coefficient (Wildman–Crippen LogP) is 15.6. The van der Waals surface area contributed by atoms with Gasteiger partial charge in [0.1, 0.15) is 22.3 Å². The Labute approximate surface area is 360 Å². The molecule has 294 valence electrons. The number of rotatable bonds is 3. The van der Waals surface area contributed by atoms with E-state index in [2.05, 4.69) is 153 Å². The minimum absolute atomic E-state index is 0.147. The molecule has 13 aromatic rings. The van der Waals surface area contributed by atoms with E-state index in [1.165, 1.54) is 54.6 Å². The van der Waals surface area contributed by atoms with Crippen LogP contribution in [0.4, 0.5) is 0 Å². The van der Waals surface area contributed by atoms with Crippen LogP contribution in [0, 0.1) is 0 Å². The summed E-state index contributed by atoms with van der Waals surface area (Å²) in [7, 11) is 0. The maximum Gasteiger partial charge on any atom is 0.164 e. The van der Waals surface area contributed by atoms with E-state index in [-0.39, 0.29) is 5.41 Å². The largest absolute Gasteiger partial charge is 0.456 e. The van der Waals surface area contributed by atoms with Crippen molar-refractivity contribution in [1.82, 2.24) is 15.0 Å². The van der Waals surface area contributed by atoms with Crippen molar-refractivity contribution in [2.24, 2.45) is 0 Å². The molecule has 3 aromatic heterocycles. The Morgan fingerprint density at radius 1 is 0.333 bits per heavy atom. The van der Waals surface area contributed by atoms with Crippen LogP contribution < -0.4 is 0 Å². The monoisotopic (exact) mass is 805 g/mol. The van der Waals surface area contributed by atoms with E-state index in [9.17, 15) is 0 Å². The summed E-state index contributed by atoms with van der Waals surface area (Å²) in [5.41, 5.74) is 11.0. The summed E-state index contributed by atoms with van der Waals surface area (Å²) in [5.74, 6) is 1.76. The fourth-order valence-corrected chi connectivity index (χ4v) is 10.7. The second-order valence-electron chi connectivity index (χ2n) is 17.5. The van der Waals surface area contributed by atoms with Crippen molar-refractivity contribution in [3.63, 3.8) is 0 Å². The van der Waals surface area contributed by atoms with Gasteiger partial charge < -0.3 is 8.83 Å². The van der Waals surface area contributed by atoms with E-state index in [4.69, 9.17) is 23.8 Å². The Balaban J connectivity index is 1.04. The second-order valence-corrected chi connectivity index (χ2v) is 17.5. The molecule has 0 saturated carbocycles. The molecule has 5 nitrogen and oxygen atoms in total. The normalized spacial score (nSPS) is 13.4. The van der Waals surface area contributed by atoms with Gasteiger partial charge in [-0.3, -0.25) is 0 Å². The van der Waals surface area contributed by atoms with Gasteiger partial charge in [-0.2, -0.15) is 0 Å². The van der Waals surface area contributed by atoms with Gasteiger partial charge in [-0.1, -0.05) is 141 Å². The van der Waals surface area contributed by atoms with Crippen LogP contribution in [-0.2, 0) is 5.41 Å². The Hall–Kier alpha value is -8.15. The van der Waals surface area contributed by atoms with E-state index < -0.39 is 0 Å². The smallest absolute Gasteiger partial charge is 0.164 e. The third kappa shape index (κ3) is 4.85. The molecular formula is C58H35N3O2. The number of fused-ring (bicyclic) bond motifs is 17. The summed E-state index contributed by atoms with van der Waals surface area (Å²) < 4.78 is 13.0. The molecule has 0 unspecified atom stereocenters. The van der Waals surface area contributed by atoms with Gasteiger partial charge in [-0.15, -0.1) is 0 Å². The fraction of sp³-hybridized carbons (Fsp3) is 0.0517. The average Bonchev–Trinajstić information content (AvgIpc) is 3.97. The first-order valence-electron chi connectivity index (χ1n) is 21.5. The van der Waals surface area contributed by atoms with Gasteiger partial charge in [0.05, 0.1) is 0 Å². The highest BCUT2D eigenvalue weighted by molar-refractivity contribution is 6.31. The number of aromatic nitrogens is 3. The topological polar surface area (TPSA) is 65.0 Å². The van der Waals surface area contributed by atoms with Crippen molar-refractivity contribution in [3.05, 3.63) is 187 Å². The highest BCUT2D eigenvalue weighted by Crippen LogP contribution is 2.51. The number of furan rings is 2. The lowest BCUT2D eigenvalue weighted by atomic mass is 9.82. The van der Waals surface area contributed by atoms with Crippen LogP contribution in [-0.4, -0.2) is 15.0 Å². The van der Waals surface area contributed by atoms with Crippen LogP contribution >= 0.6 is 0 Å². The maximum absolute atomic E-state index is 6.72. The molecule has 0 N–H and O–H groups in total. The summed E-state index contributed by atoms with van der Waals surface area (Å²) in [4.78, 5) is 16.0. The lowest BCUT2D eigenvalue weighted by molar-refractivity contribution is 0.647. The van der Waals surface area contributed by atoms with E-state index in [1.807, 2.05) is 36.4 Å². The Bertz CT molecular complexity index is 4100. The number of benzene rings is 10. The first kappa shape index (κ1) is 34.6. The minimum Gasteiger partial charge on any atom is -0.456 e. The molecule has 63 heavy (non-hydrogen) atoms. The van der Waals surface area contributed by atoms with Crippen molar-refractivity contribution in [2.75, 3.05) is 0 Å². The van der Waals surface area contributed by atoms with Crippen molar-refractivity contribution < 1.29 is 8.83 Å². The molecule has 0 bridgehead atoms. The van der Waals surface area contributed by atoms with Crippen LogP contribution in [0.2, 0.25) is 0 Å². The van der Waals surface area contributed by atoms with Crippen LogP contribution in [0.25, 0.3) is 132 Å². The van der Waals surface area contributed by atoms with Gasteiger partial charge in [0.25, 0.3) is 0 Å². The van der Waals surface area contributed by atoms with E-state index in [0.717, 1.165) is 71.3 Å². The molecular weight excluding hydrogens is 771 g/mol. The van der Waals surface area contributed by atoms with Crippen molar-refractivity contribution in [3.8, 4) is 45.3 Å². The van der Waals surface area contributed by atoms with E-state index in [0.29, 0.717) is 17.5 Å². The van der Waals surface area contributed by atoms with Gasteiger partial charge >= 0.3 is 0 Å². The summed E-state index contributed by atoms with van der Waals surface area (Å²) in [6.45, 7) is 4.60. The Morgan fingerprint density at radius 2 is 0.905 bits per heavy atom. The van der Waals surface area contributed by atoms with Crippen LogP contribution in [0.15, 0.2) is 185 Å². The zero-order valence-corrected chi connectivity index (χ0v) is 34.4. The standard InChI is InChI=1S/C58H35N3O2/c1-58(2)47-19-9-7-15-38(47)44-30-46-52(31-48(44)58)63-51-21-11-18-42(54(46)51)57-60-55(59-56(61-57)34-25-27-50-45(29-34)39-16-8-10-20-49(39)62-50)33-23-22-32-24-26-41-37-14-4-3-12-35(37)36-13-5-6-17-40(36)53(41)43(32)28-33/h3-31H,1-2H3. The summed E-state index contributed by atoms with van der Waals surface area (Å²) in [5, 5.41) is 13.8. The second kappa shape index (κ2) is 12.5. The average molecular weight is 806 g/mol. The number of para-hydroxylation sites is 1. The molecule has 0 atom stereocenters. The molecule has 0 fully saturated rings. The molecule has 1 aliphatic carbocycles. The van der Waals surface area contributed by atoms with Crippen molar-refractivity contribution in [2.45, 2.75) is 19.3 Å². The van der Waals surface area contributed by atoms with E-state index in [1.54, 1.807) is 0 Å². The van der Waals surface area contributed by atoms with Gasteiger partial charge in [0, 0.05) is 43.7 Å². The molecule has 0 spiro atoms. The molecule has 5 heteroatoms. The fourth-order valence-electron chi connectivity index (χ4n) is 10.7. The highest BCUT2D eigenvalue weighted by atomic mass is 16.3. The van der Waals surface area contributed by atoms with Crippen LogP contribution in [0.5, 0.6) is 0 Å².